The molecule has 0 atom stereocenters. The monoisotopic (exact) mass is 594 g/mol. The Bertz CT molecular complexity index is 1600. The number of rotatable bonds is 4. The van der Waals surface area contributed by atoms with Gasteiger partial charge in [0, 0.05) is 10.8 Å². The molecule has 12 heteroatoms. The Kier molecular flexibility index (Phi) is 7.14. The van der Waals surface area contributed by atoms with Crippen LogP contribution in [0.5, 0.6) is 5.75 Å². The van der Waals surface area contributed by atoms with Gasteiger partial charge in [0.2, 0.25) is 0 Å². The number of hydrogen-bond donors (Lipinski definition) is 1. The molecule has 0 aliphatic rings. The minimum absolute atomic E-state index is 0. The molecule has 0 heterocycles. The molecule has 0 saturated carbocycles. The summed E-state index contributed by atoms with van der Waals surface area (Å²) in [5.74, 6) is -0.448. The molecule has 4 aromatic rings. The Labute approximate surface area is 223 Å². The molecule has 4 aromatic carbocycles. The maximum Gasteiger partial charge on any atom is 2.00 e. The third-order valence-electron chi connectivity index (χ3n) is 4.59. The molecule has 1 N–H and O–H groups in total. The predicted octanol–water partition coefficient (Wildman–Crippen LogP) is 3.25. The second-order valence-corrected chi connectivity index (χ2v) is 9.30. The maximum atomic E-state index is 12.3. The van der Waals surface area contributed by atoms with Crippen molar-refractivity contribution in [2.75, 3.05) is 0 Å². The summed E-state index contributed by atoms with van der Waals surface area (Å²) in [5, 5.41) is 21.3. The summed E-state index contributed by atoms with van der Waals surface area (Å²) in [6.07, 6.45) is 0. The zero-order valence-electron chi connectivity index (χ0n) is 16.2. The first-order chi connectivity index (χ1) is 14.6. The van der Waals surface area contributed by atoms with Gasteiger partial charge < -0.3 is 9.66 Å². The maximum absolute atomic E-state index is 12.3. The van der Waals surface area contributed by atoms with Gasteiger partial charge in [-0.1, -0.05) is 54.3 Å². The molecular weight excluding hydrogens is 582 g/mol. The van der Waals surface area contributed by atoms with E-state index >= 15 is 0 Å². The second kappa shape index (κ2) is 9.21. The predicted molar refractivity (Wildman–Crippen MR) is 115 cm³/mol. The van der Waals surface area contributed by atoms with E-state index < -0.39 is 35.8 Å². The van der Waals surface area contributed by atoms with Crippen LogP contribution in [0.4, 0.5) is 11.4 Å². The third kappa shape index (κ3) is 4.90. The number of azo groups is 1. The molecule has 0 aromatic heterocycles. The Morgan fingerprint density at radius 3 is 2.09 bits per heavy atom. The van der Waals surface area contributed by atoms with Crippen LogP contribution in [0.1, 0.15) is 0 Å². The molecule has 0 saturated heterocycles. The average Bonchev–Trinajstić information content (AvgIpc) is 2.70. The minimum atomic E-state index is -4.91. The zero-order chi connectivity index (χ0) is 22.4. The minimum Gasteiger partial charge on any atom is -0.871 e. The van der Waals surface area contributed by atoms with Crippen LogP contribution in [0, 0.1) is 0 Å². The molecule has 0 aliphatic heterocycles. The van der Waals surface area contributed by atoms with E-state index in [0.717, 1.165) is 17.5 Å². The van der Waals surface area contributed by atoms with Crippen molar-refractivity contribution in [2.45, 2.75) is 9.79 Å². The van der Waals surface area contributed by atoms with Gasteiger partial charge in [-0.2, -0.15) is 13.5 Å². The van der Waals surface area contributed by atoms with E-state index in [0.29, 0.717) is 5.39 Å². The molecule has 0 spiro atoms. The number of benzene rings is 4. The molecule has 0 aliphatic carbocycles. The summed E-state index contributed by atoms with van der Waals surface area (Å²) in [6.45, 7) is 0. The molecular formula is C20H12BaN2O7S2. The van der Waals surface area contributed by atoms with Crippen molar-refractivity contribution in [3.63, 3.8) is 0 Å². The van der Waals surface area contributed by atoms with Crippen LogP contribution in [-0.2, 0) is 20.2 Å². The third-order valence-corrected chi connectivity index (χ3v) is 6.37. The molecule has 32 heavy (non-hydrogen) atoms. The summed E-state index contributed by atoms with van der Waals surface area (Å²) in [6, 6.07) is 15.6. The van der Waals surface area contributed by atoms with Crippen molar-refractivity contribution >= 4 is 102 Å². The van der Waals surface area contributed by atoms with Crippen LogP contribution in [0.3, 0.4) is 0 Å². The fourth-order valence-electron chi connectivity index (χ4n) is 3.21. The molecule has 0 unspecified atom stereocenters. The van der Waals surface area contributed by atoms with E-state index in [1.54, 1.807) is 30.3 Å². The van der Waals surface area contributed by atoms with Crippen molar-refractivity contribution in [2.24, 2.45) is 10.2 Å². The Morgan fingerprint density at radius 1 is 0.781 bits per heavy atom. The quantitative estimate of drug-likeness (QED) is 0.216. The summed E-state index contributed by atoms with van der Waals surface area (Å²) in [5.41, 5.74) is -0.363. The van der Waals surface area contributed by atoms with E-state index in [-0.39, 0.29) is 71.0 Å². The summed E-state index contributed by atoms with van der Waals surface area (Å²) in [7, 11) is -9.78. The van der Waals surface area contributed by atoms with Gasteiger partial charge in [0.05, 0.1) is 10.6 Å². The number of nitrogens with zero attached hydrogens (tertiary/aromatic N) is 2. The van der Waals surface area contributed by atoms with Crippen molar-refractivity contribution in [1.82, 2.24) is 0 Å². The summed E-state index contributed by atoms with van der Waals surface area (Å²) >= 11 is 0. The fraction of sp³-hybridized carbons (Fsp3) is 0. The first-order valence-corrected chi connectivity index (χ1v) is 11.5. The zero-order valence-corrected chi connectivity index (χ0v) is 22.2. The SMILES string of the molecule is O=S(=O)([O-])c1ccc2ccc(N=Nc3c([O-])ccc4ccccc34)c(S(=O)(=O)O)c2c1.[Ba+2]. The van der Waals surface area contributed by atoms with E-state index in [4.69, 9.17) is 0 Å². The summed E-state index contributed by atoms with van der Waals surface area (Å²) < 4.78 is 68.0. The Balaban J connectivity index is 0.00000289. The van der Waals surface area contributed by atoms with Gasteiger partial charge in [0.1, 0.15) is 20.7 Å². The Hall–Kier alpha value is -1.81. The molecule has 0 radical (unpaired) electrons. The van der Waals surface area contributed by atoms with Gasteiger partial charge in [-0.25, -0.2) is 8.42 Å². The van der Waals surface area contributed by atoms with E-state index in [2.05, 4.69) is 10.2 Å². The van der Waals surface area contributed by atoms with Gasteiger partial charge in [-0.3, -0.25) is 4.55 Å². The largest absolute Gasteiger partial charge is 2.00 e. The van der Waals surface area contributed by atoms with Crippen LogP contribution in [0.25, 0.3) is 21.5 Å². The molecule has 0 bridgehead atoms. The van der Waals surface area contributed by atoms with E-state index in [1.165, 1.54) is 24.3 Å². The van der Waals surface area contributed by atoms with Gasteiger partial charge >= 0.3 is 48.9 Å². The standard InChI is InChI=1S/C20H14N2O7S2.Ba/c23-18-10-7-12-3-1-2-4-15(12)19(18)22-21-17-9-6-13-5-8-14(30(24,25)26)11-16(13)20(17)31(27,28)29;/h1-11,23H,(H,24,25,26)(H,27,28,29);/q;+2/p-2. The van der Waals surface area contributed by atoms with Crippen LogP contribution >= 0.6 is 0 Å². The molecule has 4 rings (SSSR count). The number of hydrogen-bond acceptors (Lipinski definition) is 8. The Morgan fingerprint density at radius 2 is 1.41 bits per heavy atom. The van der Waals surface area contributed by atoms with Gasteiger partial charge in [0.25, 0.3) is 10.1 Å². The van der Waals surface area contributed by atoms with Gasteiger partial charge in [-0.15, -0.1) is 5.11 Å². The van der Waals surface area contributed by atoms with E-state index in [1.807, 2.05) is 0 Å². The van der Waals surface area contributed by atoms with Crippen molar-refractivity contribution in [3.05, 3.63) is 66.7 Å². The van der Waals surface area contributed by atoms with E-state index in [9.17, 15) is 31.0 Å². The molecule has 9 nitrogen and oxygen atoms in total. The van der Waals surface area contributed by atoms with Crippen molar-refractivity contribution in [3.8, 4) is 5.75 Å². The first-order valence-electron chi connectivity index (χ1n) is 8.66. The number of fused-ring (bicyclic) bond motifs is 2. The average molecular weight is 594 g/mol. The topological polar surface area (TPSA) is 159 Å². The summed E-state index contributed by atoms with van der Waals surface area (Å²) in [4.78, 5) is -1.40. The smallest absolute Gasteiger partial charge is 0.871 e. The molecule has 0 amide bonds. The van der Waals surface area contributed by atoms with Gasteiger partial charge in [-0.05, 0) is 29.0 Å². The molecule has 158 valence electrons. The van der Waals surface area contributed by atoms with Crippen LogP contribution < -0.4 is 5.11 Å². The van der Waals surface area contributed by atoms with Crippen molar-refractivity contribution in [1.29, 1.82) is 0 Å². The fourth-order valence-corrected chi connectivity index (χ4v) is 4.53. The normalized spacial score (nSPS) is 12.3. The van der Waals surface area contributed by atoms with Gasteiger partial charge in [0.15, 0.2) is 0 Å². The van der Waals surface area contributed by atoms with Crippen molar-refractivity contribution < 1.29 is 31.0 Å². The second-order valence-electron chi connectivity index (χ2n) is 6.56. The van der Waals surface area contributed by atoms with Crippen LogP contribution in [0.15, 0.2) is 86.7 Å². The van der Waals surface area contributed by atoms with Crippen LogP contribution in [-0.4, -0.2) is 74.8 Å². The molecule has 0 fully saturated rings. The van der Waals surface area contributed by atoms with Crippen LogP contribution in [0.2, 0.25) is 0 Å². The first kappa shape index (κ1) is 24.8.